The summed E-state index contributed by atoms with van der Waals surface area (Å²) in [7, 11) is 0. The molecule has 198 valence electrons. The van der Waals surface area contributed by atoms with Crippen LogP contribution < -0.4 is 0 Å². The molecular formula is C25H52N2O6. The summed E-state index contributed by atoms with van der Waals surface area (Å²) >= 11 is 0. The highest BCUT2D eigenvalue weighted by molar-refractivity contribution is 4.73. The van der Waals surface area contributed by atoms with Crippen LogP contribution in [0.4, 0.5) is 0 Å². The monoisotopic (exact) mass is 476 g/mol. The molecule has 1 atom stereocenters. The zero-order valence-electron chi connectivity index (χ0n) is 21.5. The summed E-state index contributed by atoms with van der Waals surface area (Å²) in [5, 5.41) is 33.8. The van der Waals surface area contributed by atoms with Gasteiger partial charge in [0.25, 0.3) is 5.09 Å². The molecule has 8 heteroatoms. The minimum absolute atomic E-state index is 0.0442. The molecule has 8 nitrogen and oxygen atoms in total. The highest BCUT2D eigenvalue weighted by atomic mass is 16.9. The van der Waals surface area contributed by atoms with E-state index in [0.29, 0.717) is 19.3 Å². The van der Waals surface area contributed by atoms with Crippen molar-refractivity contribution >= 4 is 0 Å². The minimum Gasteiger partial charge on any atom is -0.396 e. The van der Waals surface area contributed by atoms with Crippen molar-refractivity contribution in [2.24, 2.45) is 0 Å². The molecule has 0 saturated heterocycles. The zero-order valence-corrected chi connectivity index (χ0v) is 21.5. The second-order valence-corrected chi connectivity index (χ2v) is 9.58. The second kappa shape index (κ2) is 25.2. The van der Waals surface area contributed by atoms with Crippen LogP contribution in [0, 0.1) is 20.2 Å². The summed E-state index contributed by atoms with van der Waals surface area (Å²) in [6, 6.07) is 0. The van der Waals surface area contributed by atoms with Crippen molar-refractivity contribution in [3.63, 3.8) is 0 Å². The Morgan fingerprint density at radius 1 is 0.606 bits per heavy atom. The van der Waals surface area contributed by atoms with Crippen LogP contribution >= 0.6 is 0 Å². The zero-order chi connectivity index (χ0) is 25.2. The molecule has 2 N–H and O–H groups in total. The first-order valence-corrected chi connectivity index (χ1v) is 13.4. The van der Waals surface area contributed by atoms with Gasteiger partial charge in [0.05, 0.1) is 0 Å². The number of rotatable bonds is 23. The highest BCUT2D eigenvalue weighted by Crippen LogP contribution is 2.24. The maximum absolute atomic E-state index is 11.3. The normalized spacial score (nSPS) is 12.6. The molecule has 0 bridgehead atoms. The lowest BCUT2D eigenvalue weighted by Crippen LogP contribution is -2.35. The Morgan fingerprint density at radius 2 is 0.879 bits per heavy atom. The molecule has 0 aliphatic rings. The smallest absolute Gasteiger partial charge is 0.291 e. The van der Waals surface area contributed by atoms with E-state index in [-0.39, 0.29) is 11.5 Å². The summed E-state index contributed by atoms with van der Waals surface area (Å²) in [5.41, 5.74) is -0.849. The molecule has 0 heterocycles. The van der Waals surface area contributed by atoms with Gasteiger partial charge in [-0.2, -0.15) is 0 Å². The first-order valence-electron chi connectivity index (χ1n) is 13.4. The van der Waals surface area contributed by atoms with Crippen LogP contribution in [0.1, 0.15) is 149 Å². The van der Waals surface area contributed by atoms with E-state index >= 15 is 0 Å². The Morgan fingerprint density at radius 3 is 1.15 bits per heavy atom. The van der Waals surface area contributed by atoms with Crippen LogP contribution in [0.3, 0.4) is 0 Å². The first-order chi connectivity index (χ1) is 15.8. The molecule has 0 fully saturated rings. The molecule has 0 aliphatic heterocycles. The molecule has 0 spiro atoms. The van der Waals surface area contributed by atoms with Crippen molar-refractivity contribution in [2.75, 3.05) is 6.61 Å². The van der Waals surface area contributed by atoms with Crippen molar-refractivity contribution in [3.8, 4) is 0 Å². The number of nitro groups is 1. The molecule has 0 radical (unpaired) electrons. The lowest BCUT2D eigenvalue weighted by atomic mass is 9.90. The minimum atomic E-state index is -1.50. The first kappa shape index (κ1) is 33.7. The van der Waals surface area contributed by atoms with Gasteiger partial charge in [0.1, 0.15) is 0 Å². The van der Waals surface area contributed by atoms with Crippen molar-refractivity contribution in [3.05, 3.63) is 20.2 Å². The molecular weight excluding hydrogens is 424 g/mol. The molecule has 0 amide bonds. The van der Waals surface area contributed by atoms with Crippen LogP contribution in [-0.2, 0) is 0 Å². The van der Waals surface area contributed by atoms with E-state index in [4.69, 9.17) is 20.4 Å². The van der Waals surface area contributed by atoms with Crippen LogP contribution in [0.25, 0.3) is 0 Å². The van der Waals surface area contributed by atoms with Gasteiger partial charge >= 0.3 is 0 Å². The van der Waals surface area contributed by atoms with Gasteiger partial charge in [0, 0.05) is 31.3 Å². The molecule has 0 saturated carbocycles. The quantitative estimate of drug-likeness (QED) is 0.0877. The summed E-state index contributed by atoms with van der Waals surface area (Å²) < 4.78 is 0. The number of unbranched alkanes of at least 4 members (excludes halogenated alkanes) is 17. The van der Waals surface area contributed by atoms with Gasteiger partial charge in [0.2, 0.25) is 5.54 Å². The van der Waals surface area contributed by atoms with Gasteiger partial charge in [0.15, 0.2) is 0 Å². The van der Waals surface area contributed by atoms with Gasteiger partial charge in [-0.3, -0.25) is 10.1 Å². The largest absolute Gasteiger partial charge is 0.396 e. The number of hydrogen-bond acceptors (Lipinski definition) is 5. The van der Waals surface area contributed by atoms with Crippen LogP contribution in [0.5, 0.6) is 0 Å². The van der Waals surface area contributed by atoms with Gasteiger partial charge in [-0.25, -0.2) is 0 Å². The molecule has 0 aromatic heterocycles. The molecule has 0 aliphatic carbocycles. The van der Waals surface area contributed by atoms with Crippen molar-refractivity contribution < 1.29 is 20.3 Å². The standard InChI is InChI=1S/C25H51NO3.HNO3/c1-3-4-5-6-7-8-9-10-11-12-13-14-15-16-17-18-19-20-22-25(2,26(28)29)23-21-24-27;2-1(3)4/h27H,3-24H2,1-2H3;(H,2,3,4). The fraction of sp³-hybridized carbons (Fsp3) is 1.00. The lowest BCUT2D eigenvalue weighted by Gasteiger charge is -2.20. The third kappa shape index (κ3) is 26.7. The third-order valence-corrected chi connectivity index (χ3v) is 6.38. The average molecular weight is 477 g/mol. The van der Waals surface area contributed by atoms with Gasteiger partial charge < -0.3 is 10.3 Å². The van der Waals surface area contributed by atoms with Crippen molar-refractivity contribution in [1.82, 2.24) is 0 Å². The predicted octanol–water partition coefficient (Wildman–Crippen LogP) is 7.88. The molecule has 0 aromatic carbocycles. The Balaban J connectivity index is 0. The van der Waals surface area contributed by atoms with Crippen LogP contribution in [0.15, 0.2) is 0 Å². The Kier molecular flexibility index (Phi) is 25.7. The molecule has 1 unspecified atom stereocenters. The number of aliphatic hydroxyl groups is 1. The van der Waals surface area contributed by atoms with Gasteiger partial charge in [-0.1, -0.05) is 116 Å². The van der Waals surface area contributed by atoms with E-state index in [0.717, 1.165) is 12.8 Å². The molecule has 0 rings (SSSR count). The maximum atomic E-state index is 11.3. The second-order valence-electron chi connectivity index (χ2n) is 9.58. The van der Waals surface area contributed by atoms with E-state index < -0.39 is 10.6 Å². The fourth-order valence-corrected chi connectivity index (χ4v) is 4.17. The summed E-state index contributed by atoms with van der Waals surface area (Å²) in [4.78, 5) is 19.5. The summed E-state index contributed by atoms with van der Waals surface area (Å²) in [6.07, 6.45) is 25.7. The van der Waals surface area contributed by atoms with E-state index in [1.807, 2.05) is 0 Å². The van der Waals surface area contributed by atoms with Gasteiger partial charge in [-0.05, 0) is 12.8 Å². The number of aliphatic hydroxyl groups excluding tert-OH is 1. The fourth-order valence-electron chi connectivity index (χ4n) is 4.17. The number of nitrogens with zero attached hydrogens (tertiary/aromatic N) is 2. The summed E-state index contributed by atoms with van der Waals surface area (Å²) in [5.74, 6) is 0. The SMILES string of the molecule is CCCCCCCCCCCCCCCCCCCCC(C)(CCCO)[N+](=O)[O-].O=[N+]([O-])O. The van der Waals surface area contributed by atoms with E-state index in [2.05, 4.69) is 6.92 Å². The Bertz CT molecular complexity index is 447. The van der Waals surface area contributed by atoms with Crippen molar-refractivity contribution in [2.45, 2.75) is 154 Å². The Hall–Kier alpha value is -1.44. The van der Waals surface area contributed by atoms with Crippen molar-refractivity contribution in [1.29, 1.82) is 0 Å². The third-order valence-electron chi connectivity index (χ3n) is 6.38. The topological polar surface area (TPSA) is 127 Å². The van der Waals surface area contributed by atoms with Gasteiger partial charge in [-0.15, -0.1) is 10.1 Å². The number of hydrogen-bond donors (Lipinski definition) is 2. The van der Waals surface area contributed by atoms with Crippen LogP contribution in [-0.4, -0.2) is 32.5 Å². The lowest BCUT2D eigenvalue weighted by molar-refractivity contribution is -0.742. The van der Waals surface area contributed by atoms with E-state index in [1.165, 1.54) is 103 Å². The molecule has 33 heavy (non-hydrogen) atoms. The Labute approximate surface area is 201 Å². The van der Waals surface area contributed by atoms with E-state index in [1.54, 1.807) is 6.92 Å². The highest BCUT2D eigenvalue weighted by Gasteiger charge is 2.35. The average Bonchev–Trinajstić information content (AvgIpc) is 2.76. The molecule has 0 aromatic rings. The predicted molar refractivity (Wildman–Crippen MR) is 134 cm³/mol. The van der Waals surface area contributed by atoms with E-state index in [9.17, 15) is 10.1 Å². The maximum Gasteiger partial charge on any atom is 0.291 e. The summed E-state index contributed by atoms with van der Waals surface area (Å²) in [6.45, 7) is 4.05. The van der Waals surface area contributed by atoms with Crippen LogP contribution in [0.2, 0.25) is 0 Å².